The first-order valence-electron chi connectivity index (χ1n) is 7.73. The van der Waals surface area contributed by atoms with E-state index >= 15 is 0 Å². The predicted molar refractivity (Wildman–Crippen MR) is 109 cm³/mol. The number of hydrogen-bond donors (Lipinski definition) is 2. The Bertz CT molecular complexity index is 921. The number of ether oxygens (including phenoxy) is 1. The number of hydrogen-bond acceptors (Lipinski definition) is 5. The van der Waals surface area contributed by atoms with Crippen molar-refractivity contribution in [1.82, 2.24) is 4.98 Å². The van der Waals surface area contributed by atoms with Gasteiger partial charge in [-0.2, -0.15) is 0 Å². The standard InChI is InChI=1S/C19H16BrN3O2S/c1-25-18-8-3-2-7-17(18)23-26-16-6-4-5-15(10-16)22-19(24)13-9-14(20)12-21-11-13/h2-12,23H,1H3,(H,22,24). The Morgan fingerprint density at radius 1 is 1.12 bits per heavy atom. The zero-order chi connectivity index (χ0) is 18.4. The van der Waals surface area contributed by atoms with Crippen LogP contribution >= 0.6 is 27.9 Å². The molecule has 132 valence electrons. The summed E-state index contributed by atoms with van der Waals surface area (Å²) < 4.78 is 9.35. The zero-order valence-corrected chi connectivity index (χ0v) is 16.3. The van der Waals surface area contributed by atoms with Gasteiger partial charge in [0.05, 0.1) is 18.4 Å². The molecule has 2 N–H and O–H groups in total. The number of benzene rings is 2. The first-order valence-corrected chi connectivity index (χ1v) is 9.34. The van der Waals surface area contributed by atoms with Crippen LogP contribution < -0.4 is 14.8 Å². The van der Waals surface area contributed by atoms with Crippen molar-refractivity contribution in [2.75, 3.05) is 17.1 Å². The molecule has 0 aliphatic carbocycles. The van der Waals surface area contributed by atoms with Crippen molar-refractivity contribution in [3.8, 4) is 5.75 Å². The molecular formula is C19H16BrN3O2S. The van der Waals surface area contributed by atoms with Crippen LogP contribution in [0.4, 0.5) is 11.4 Å². The molecule has 0 bridgehead atoms. The molecule has 1 heterocycles. The number of halogens is 1. The molecule has 0 aliphatic heterocycles. The van der Waals surface area contributed by atoms with Crippen molar-refractivity contribution in [2.45, 2.75) is 4.90 Å². The van der Waals surface area contributed by atoms with Gasteiger partial charge in [0.15, 0.2) is 0 Å². The van der Waals surface area contributed by atoms with Crippen molar-refractivity contribution in [1.29, 1.82) is 0 Å². The largest absolute Gasteiger partial charge is 0.495 e. The van der Waals surface area contributed by atoms with Crippen LogP contribution in [-0.4, -0.2) is 18.0 Å². The van der Waals surface area contributed by atoms with Gasteiger partial charge in [-0.3, -0.25) is 9.78 Å². The summed E-state index contributed by atoms with van der Waals surface area (Å²) in [6, 6.07) is 17.0. The number of carbonyl (C=O) groups excluding carboxylic acids is 1. The highest BCUT2D eigenvalue weighted by atomic mass is 79.9. The monoisotopic (exact) mass is 429 g/mol. The Labute approximate surface area is 164 Å². The quantitative estimate of drug-likeness (QED) is 0.525. The van der Waals surface area contributed by atoms with Crippen molar-refractivity contribution < 1.29 is 9.53 Å². The van der Waals surface area contributed by atoms with Gasteiger partial charge in [0.25, 0.3) is 5.91 Å². The first-order chi connectivity index (χ1) is 12.7. The lowest BCUT2D eigenvalue weighted by atomic mass is 10.2. The van der Waals surface area contributed by atoms with E-state index in [-0.39, 0.29) is 5.91 Å². The number of rotatable bonds is 6. The molecule has 0 unspecified atom stereocenters. The Kier molecular flexibility index (Phi) is 6.14. The van der Waals surface area contributed by atoms with Gasteiger partial charge in [-0.05, 0) is 64.3 Å². The highest BCUT2D eigenvalue weighted by molar-refractivity contribution is 9.10. The Morgan fingerprint density at radius 3 is 2.77 bits per heavy atom. The third-order valence-electron chi connectivity index (χ3n) is 3.44. The van der Waals surface area contributed by atoms with E-state index in [0.717, 1.165) is 20.8 Å². The van der Waals surface area contributed by atoms with Gasteiger partial charge in [-0.1, -0.05) is 18.2 Å². The van der Waals surface area contributed by atoms with Crippen LogP contribution in [0.1, 0.15) is 10.4 Å². The molecule has 0 saturated carbocycles. The van der Waals surface area contributed by atoms with Crippen LogP contribution in [-0.2, 0) is 0 Å². The van der Waals surface area contributed by atoms with Gasteiger partial charge in [-0.15, -0.1) is 0 Å². The van der Waals surface area contributed by atoms with E-state index in [0.29, 0.717) is 11.3 Å². The summed E-state index contributed by atoms with van der Waals surface area (Å²) in [5, 5.41) is 2.88. The van der Waals surface area contributed by atoms with Gasteiger partial charge in [-0.25, -0.2) is 0 Å². The van der Waals surface area contributed by atoms with E-state index in [4.69, 9.17) is 4.74 Å². The van der Waals surface area contributed by atoms with Crippen LogP contribution in [0.25, 0.3) is 0 Å². The summed E-state index contributed by atoms with van der Waals surface area (Å²) >= 11 is 4.76. The van der Waals surface area contributed by atoms with Crippen LogP contribution in [0.15, 0.2) is 76.4 Å². The fraction of sp³-hybridized carbons (Fsp3) is 0.0526. The molecular weight excluding hydrogens is 414 g/mol. The second-order valence-electron chi connectivity index (χ2n) is 5.28. The average molecular weight is 430 g/mol. The molecule has 1 aromatic heterocycles. The molecule has 0 radical (unpaired) electrons. The lowest BCUT2D eigenvalue weighted by Gasteiger charge is -2.11. The summed E-state index contributed by atoms with van der Waals surface area (Å²) in [5.41, 5.74) is 2.08. The topological polar surface area (TPSA) is 63.2 Å². The van der Waals surface area contributed by atoms with Crippen LogP contribution in [0, 0.1) is 0 Å². The maximum atomic E-state index is 12.3. The molecule has 3 rings (SSSR count). The maximum Gasteiger partial charge on any atom is 0.257 e. The average Bonchev–Trinajstić information content (AvgIpc) is 2.67. The minimum absolute atomic E-state index is 0.210. The maximum absolute atomic E-state index is 12.3. The normalized spacial score (nSPS) is 10.2. The number of carbonyl (C=O) groups is 1. The Hall–Kier alpha value is -2.51. The van der Waals surface area contributed by atoms with Gasteiger partial charge in [0.2, 0.25) is 0 Å². The molecule has 7 heteroatoms. The number of nitrogens with zero attached hydrogens (tertiary/aromatic N) is 1. The molecule has 26 heavy (non-hydrogen) atoms. The summed E-state index contributed by atoms with van der Waals surface area (Å²) in [7, 11) is 1.64. The SMILES string of the molecule is COc1ccccc1NSc1cccc(NC(=O)c2cncc(Br)c2)c1. The lowest BCUT2D eigenvalue weighted by Crippen LogP contribution is -2.12. The third-order valence-corrected chi connectivity index (χ3v) is 4.69. The van der Waals surface area contributed by atoms with Gasteiger partial charge in [0, 0.05) is 27.4 Å². The molecule has 3 aromatic rings. The van der Waals surface area contributed by atoms with Crippen molar-refractivity contribution >= 4 is 45.2 Å². The second kappa shape index (κ2) is 8.73. The number of para-hydroxylation sites is 2. The Balaban J connectivity index is 1.67. The summed E-state index contributed by atoms with van der Waals surface area (Å²) in [5.74, 6) is 0.560. The summed E-state index contributed by atoms with van der Waals surface area (Å²) in [6.45, 7) is 0. The van der Waals surface area contributed by atoms with Crippen molar-refractivity contribution in [2.24, 2.45) is 0 Å². The number of pyridine rings is 1. The predicted octanol–water partition coefficient (Wildman–Crippen LogP) is 5.22. The molecule has 0 fully saturated rings. The molecule has 5 nitrogen and oxygen atoms in total. The molecule has 1 amide bonds. The fourth-order valence-electron chi connectivity index (χ4n) is 2.22. The van der Waals surface area contributed by atoms with Crippen molar-refractivity contribution in [3.05, 3.63) is 77.0 Å². The highest BCUT2D eigenvalue weighted by Crippen LogP contribution is 2.29. The zero-order valence-electron chi connectivity index (χ0n) is 13.9. The van der Waals surface area contributed by atoms with Gasteiger partial charge >= 0.3 is 0 Å². The lowest BCUT2D eigenvalue weighted by molar-refractivity contribution is 0.102. The molecule has 0 atom stereocenters. The molecule has 0 spiro atoms. The second-order valence-corrected chi connectivity index (χ2v) is 7.07. The summed E-state index contributed by atoms with van der Waals surface area (Å²) in [6.07, 6.45) is 3.17. The molecule has 0 aliphatic rings. The summed E-state index contributed by atoms with van der Waals surface area (Å²) in [4.78, 5) is 17.3. The number of methoxy groups -OCH3 is 1. The van der Waals surface area contributed by atoms with Gasteiger partial charge < -0.3 is 14.8 Å². The fourth-order valence-corrected chi connectivity index (χ4v) is 3.31. The van der Waals surface area contributed by atoms with E-state index in [2.05, 4.69) is 31.0 Å². The van der Waals surface area contributed by atoms with E-state index in [1.54, 1.807) is 19.4 Å². The van der Waals surface area contributed by atoms with Gasteiger partial charge in [0.1, 0.15) is 5.75 Å². The van der Waals surface area contributed by atoms with Crippen LogP contribution in [0.2, 0.25) is 0 Å². The molecule has 0 saturated heterocycles. The number of aromatic nitrogens is 1. The van der Waals surface area contributed by atoms with E-state index in [9.17, 15) is 4.79 Å². The number of nitrogens with one attached hydrogen (secondary N) is 2. The van der Waals surface area contributed by atoms with Crippen molar-refractivity contribution in [3.63, 3.8) is 0 Å². The van der Waals surface area contributed by atoms with E-state index in [1.807, 2.05) is 48.5 Å². The van der Waals surface area contributed by atoms with E-state index in [1.165, 1.54) is 18.1 Å². The first kappa shape index (κ1) is 18.3. The minimum atomic E-state index is -0.210. The third kappa shape index (κ3) is 4.77. The smallest absolute Gasteiger partial charge is 0.257 e. The minimum Gasteiger partial charge on any atom is -0.495 e. The number of amides is 1. The van der Waals surface area contributed by atoms with Crippen LogP contribution in [0.5, 0.6) is 5.75 Å². The molecule has 2 aromatic carbocycles. The Morgan fingerprint density at radius 2 is 1.96 bits per heavy atom. The highest BCUT2D eigenvalue weighted by Gasteiger charge is 2.08. The van der Waals surface area contributed by atoms with Crippen LogP contribution in [0.3, 0.4) is 0 Å². The van der Waals surface area contributed by atoms with E-state index < -0.39 is 0 Å². The number of anilines is 2.